The topological polar surface area (TPSA) is 110 Å². The van der Waals surface area contributed by atoms with Crippen LogP contribution in [0.5, 0.6) is 5.75 Å². The Labute approximate surface area is 197 Å². The maximum atomic E-state index is 13.2. The predicted octanol–water partition coefficient (Wildman–Crippen LogP) is 4.76. The predicted molar refractivity (Wildman–Crippen MR) is 129 cm³/mol. The van der Waals surface area contributed by atoms with E-state index in [-0.39, 0.29) is 22.5 Å². The molecule has 0 aliphatic heterocycles. The third kappa shape index (κ3) is 5.01. The number of carbonyl (C=O) groups is 1. The second-order valence-electron chi connectivity index (χ2n) is 8.01. The minimum absolute atomic E-state index is 0.00170. The van der Waals surface area contributed by atoms with Crippen molar-refractivity contribution in [2.75, 3.05) is 17.1 Å². The number of nitrogens with one attached hydrogen (secondary N) is 2. The molecule has 2 heterocycles. The van der Waals surface area contributed by atoms with E-state index >= 15 is 0 Å². The average Bonchev–Trinajstić information content (AvgIpc) is 3.45. The number of carbonyl (C=O) groups excluding carboxylic acids is 1. The first-order valence-electron chi connectivity index (χ1n) is 10.7. The summed E-state index contributed by atoms with van der Waals surface area (Å²) < 4.78 is 34.3. The molecule has 33 heavy (non-hydrogen) atoms. The number of nitrogens with zero attached hydrogens (tertiary/aromatic N) is 2. The summed E-state index contributed by atoms with van der Waals surface area (Å²) in [4.78, 5) is 21.9. The Hall–Kier alpha value is -2.98. The minimum atomic E-state index is -3.95. The number of benzene rings is 1. The maximum Gasteiger partial charge on any atom is 0.265 e. The molecule has 0 saturated heterocycles. The molecule has 3 aromatic rings. The molecular formula is C23H26N4O4S2. The molecule has 1 saturated carbocycles. The lowest BCUT2D eigenvalue weighted by atomic mass is 10.1. The number of hydrogen-bond donors (Lipinski definition) is 2. The van der Waals surface area contributed by atoms with E-state index in [0.717, 1.165) is 30.6 Å². The van der Waals surface area contributed by atoms with E-state index < -0.39 is 10.0 Å². The van der Waals surface area contributed by atoms with Gasteiger partial charge in [0.1, 0.15) is 10.6 Å². The van der Waals surface area contributed by atoms with Crippen LogP contribution in [0.3, 0.4) is 0 Å². The van der Waals surface area contributed by atoms with E-state index in [1.54, 1.807) is 43.5 Å². The lowest BCUT2D eigenvalue weighted by Crippen LogP contribution is -2.20. The van der Waals surface area contributed by atoms with Crippen molar-refractivity contribution in [2.45, 2.75) is 44.4 Å². The molecule has 1 aliphatic carbocycles. The Bertz CT molecular complexity index is 1280. The molecule has 8 nitrogen and oxygen atoms in total. The Morgan fingerprint density at radius 3 is 2.61 bits per heavy atom. The third-order valence-electron chi connectivity index (χ3n) is 5.72. The second-order valence-corrected chi connectivity index (χ2v) is 10.7. The number of aryl methyl sites for hydroxylation is 2. The molecule has 1 aromatic carbocycles. The van der Waals surface area contributed by atoms with Gasteiger partial charge < -0.3 is 10.1 Å². The van der Waals surface area contributed by atoms with Gasteiger partial charge in [-0.3, -0.25) is 14.5 Å². The second kappa shape index (κ2) is 9.48. The summed E-state index contributed by atoms with van der Waals surface area (Å²) in [6.45, 7) is 3.57. The zero-order valence-corrected chi connectivity index (χ0v) is 20.3. The number of amides is 1. The lowest BCUT2D eigenvalue weighted by Gasteiger charge is -2.14. The van der Waals surface area contributed by atoms with E-state index in [2.05, 4.69) is 20.0 Å². The van der Waals surface area contributed by atoms with Gasteiger partial charge in [0.15, 0.2) is 5.13 Å². The fraction of sp³-hybridized carbons (Fsp3) is 0.348. The number of ether oxygens (including phenoxy) is 1. The van der Waals surface area contributed by atoms with Crippen LogP contribution in [-0.2, 0) is 14.8 Å². The molecule has 0 spiro atoms. The van der Waals surface area contributed by atoms with Gasteiger partial charge in [-0.2, -0.15) is 0 Å². The van der Waals surface area contributed by atoms with Crippen molar-refractivity contribution in [2.24, 2.45) is 5.92 Å². The van der Waals surface area contributed by atoms with E-state index in [1.165, 1.54) is 18.4 Å². The molecule has 2 aromatic heterocycles. The summed E-state index contributed by atoms with van der Waals surface area (Å²) in [6, 6.07) is 8.30. The SMILES string of the molecule is COc1ccc(-c2sc(NC(=O)C3CCCC3)nc2C)cc1S(=O)(=O)Nc1cccnc1C. The van der Waals surface area contributed by atoms with Crippen molar-refractivity contribution < 1.29 is 17.9 Å². The number of aromatic nitrogens is 2. The Kier molecular flexibility index (Phi) is 6.66. The van der Waals surface area contributed by atoms with Crippen molar-refractivity contribution >= 4 is 38.1 Å². The van der Waals surface area contributed by atoms with Gasteiger partial charge in [-0.25, -0.2) is 13.4 Å². The van der Waals surface area contributed by atoms with E-state index in [0.29, 0.717) is 27.8 Å². The number of anilines is 2. The van der Waals surface area contributed by atoms with Gasteiger partial charge in [0.05, 0.1) is 29.1 Å². The monoisotopic (exact) mass is 486 g/mol. The van der Waals surface area contributed by atoms with Crippen LogP contribution in [-0.4, -0.2) is 31.4 Å². The number of thiazole rings is 1. The van der Waals surface area contributed by atoms with Crippen LogP contribution in [0.1, 0.15) is 37.1 Å². The minimum Gasteiger partial charge on any atom is -0.495 e. The van der Waals surface area contributed by atoms with Crippen LogP contribution >= 0.6 is 11.3 Å². The van der Waals surface area contributed by atoms with Crippen molar-refractivity contribution in [1.29, 1.82) is 0 Å². The molecule has 0 radical (unpaired) electrons. The normalized spacial score (nSPS) is 14.3. The lowest BCUT2D eigenvalue weighted by molar-refractivity contribution is -0.119. The van der Waals surface area contributed by atoms with Crippen LogP contribution < -0.4 is 14.8 Å². The zero-order valence-electron chi connectivity index (χ0n) is 18.7. The average molecular weight is 487 g/mol. The third-order valence-corrected chi connectivity index (χ3v) is 8.23. The highest BCUT2D eigenvalue weighted by atomic mass is 32.2. The van der Waals surface area contributed by atoms with Crippen LogP contribution in [0.4, 0.5) is 10.8 Å². The largest absolute Gasteiger partial charge is 0.495 e. The molecule has 0 unspecified atom stereocenters. The van der Waals surface area contributed by atoms with Gasteiger partial charge in [-0.15, -0.1) is 0 Å². The summed E-state index contributed by atoms with van der Waals surface area (Å²) in [5.41, 5.74) is 2.36. The fourth-order valence-corrected chi connectivity index (χ4v) is 6.21. The molecule has 2 N–H and O–H groups in total. The van der Waals surface area contributed by atoms with Gasteiger partial charge in [-0.05, 0) is 62.6 Å². The smallest absolute Gasteiger partial charge is 0.265 e. The fourth-order valence-electron chi connectivity index (χ4n) is 3.93. The van der Waals surface area contributed by atoms with E-state index in [4.69, 9.17) is 4.74 Å². The number of methoxy groups -OCH3 is 1. The standard InChI is InChI=1S/C23H26N4O4S2/c1-14-18(9-6-12-24-14)27-33(29,30)20-13-17(10-11-19(20)31-3)21-15(2)25-23(32-21)26-22(28)16-7-4-5-8-16/h6,9-13,16,27H,4-5,7-8H2,1-3H3,(H,25,26,28). The van der Waals surface area contributed by atoms with Gasteiger partial charge in [0.25, 0.3) is 10.0 Å². The molecule has 0 atom stereocenters. The molecular weight excluding hydrogens is 460 g/mol. The maximum absolute atomic E-state index is 13.2. The number of rotatable bonds is 7. The van der Waals surface area contributed by atoms with Crippen molar-refractivity contribution in [3.63, 3.8) is 0 Å². The highest BCUT2D eigenvalue weighted by Gasteiger charge is 2.25. The molecule has 0 bridgehead atoms. The number of hydrogen-bond acceptors (Lipinski definition) is 7. The Morgan fingerprint density at radius 2 is 1.91 bits per heavy atom. The van der Waals surface area contributed by atoms with Crippen LogP contribution in [0, 0.1) is 19.8 Å². The molecule has 1 amide bonds. The van der Waals surface area contributed by atoms with Gasteiger partial charge in [-0.1, -0.05) is 24.2 Å². The van der Waals surface area contributed by atoms with Crippen LogP contribution in [0.15, 0.2) is 41.4 Å². The molecule has 10 heteroatoms. The van der Waals surface area contributed by atoms with E-state index in [9.17, 15) is 13.2 Å². The van der Waals surface area contributed by atoms with Crippen molar-refractivity contribution in [1.82, 2.24) is 9.97 Å². The van der Waals surface area contributed by atoms with E-state index in [1.807, 2.05) is 6.92 Å². The summed E-state index contributed by atoms with van der Waals surface area (Å²) in [5.74, 6) is 0.268. The molecule has 174 valence electrons. The highest BCUT2D eigenvalue weighted by molar-refractivity contribution is 7.92. The van der Waals surface area contributed by atoms with Crippen molar-refractivity contribution in [3.05, 3.63) is 47.9 Å². The van der Waals surface area contributed by atoms with Gasteiger partial charge in [0, 0.05) is 12.1 Å². The summed E-state index contributed by atoms with van der Waals surface area (Å²) in [5, 5.41) is 3.44. The zero-order chi connectivity index (χ0) is 23.6. The summed E-state index contributed by atoms with van der Waals surface area (Å²) in [6.07, 6.45) is 5.58. The summed E-state index contributed by atoms with van der Waals surface area (Å²) in [7, 11) is -2.52. The highest BCUT2D eigenvalue weighted by Crippen LogP contribution is 2.37. The Morgan fingerprint density at radius 1 is 1.15 bits per heavy atom. The van der Waals surface area contributed by atoms with Crippen LogP contribution in [0.2, 0.25) is 0 Å². The Balaban J connectivity index is 1.65. The first kappa shape index (κ1) is 23.2. The number of pyridine rings is 1. The molecule has 4 rings (SSSR count). The quantitative estimate of drug-likeness (QED) is 0.498. The first-order valence-corrected chi connectivity index (χ1v) is 13.0. The number of sulfonamides is 1. The van der Waals surface area contributed by atoms with Gasteiger partial charge >= 0.3 is 0 Å². The molecule has 1 aliphatic rings. The summed E-state index contributed by atoms with van der Waals surface area (Å²) >= 11 is 1.33. The van der Waals surface area contributed by atoms with Crippen molar-refractivity contribution in [3.8, 4) is 16.2 Å². The van der Waals surface area contributed by atoms with Gasteiger partial charge in [0.2, 0.25) is 5.91 Å². The first-order chi connectivity index (χ1) is 15.8. The molecule has 1 fully saturated rings. The van der Waals surface area contributed by atoms with Crippen LogP contribution in [0.25, 0.3) is 10.4 Å².